The Morgan fingerprint density at radius 2 is 2.00 bits per heavy atom. The Bertz CT molecular complexity index is 610. The number of aryl methyl sites for hydroxylation is 1. The van der Waals surface area contributed by atoms with Crippen LogP contribution in [0.5, 0.6) is 0 Å². The van der Waals surface area contributed by atoms with E-state index in [1.807, 2.05) is 4.52 Å². The first-order valence-electron chi connectivity index (χ1n) is 8.04. The Labute approximate surface area is 126 Å². The zero-order valence-electron chi connectivity index (χ0n) is 13.3. The number of fused-ring (bicyclic) bond motifs is 1. The lowest BCUT2D eigenvalue weighted by Gasteiger charge is -2.29. The average Bonchev–Trinajstić information content (AvgIpc) is 2.92. The van der Waals surface area contributed by atoms with E-state index in [-0.39, 0.29) is 0 Å². The quantitative estimate of drug-likeness (QED) is 0.936. The summed E-state index contributed by atoms with van der Waals surface area (Å²) in [6, 6.07) is 4.36. The van der Waals surface area contributed by atoms with Crippen LogP contribution in [0.1, 0.15) is 44.5 Å². The standard InChI is InChI=1S/C16H25N5/c1-4-5-13-10-16(20-8-6-17-7-9-20)21-15(18-13)11-14(19-21)12(2)3/h10-12,17H,4-9H2,1-3H3. The first-order chi connectivity index (χ1) is 10.2. The molecule has 1 aliphatic rings. The van der Waals surface area contributed by atoms with Crippen LogP contribution in [-0.4, -0.2) is 40.8 Å². The van der Waals surface area contributed by atoms with Gasteiger partial charge >= 0.3 is 0 Å². The lowest BCUT2D eigenvalue weighted by molar-refractivity contribution is 0.578. The molecule has 0 bridgehead atoms. The van der Waals surface area contributed by atoms with Crippen LogP contribution >= 0.6 is 0 Å². The molecular weight excluding hydrogens is 262 g/mol. The van der Waals surface area contributed by atoms with Crippen LogP contribution in [0.2, 0.25) is 0 Å². The van der Waals surface area contributed by atoms with Crippen LogP contribution in [-0.2, 0) is 6.42 Å². The van der Waals surface area contributed by atoms with E-state index in [1.54, 1.807) is 0 Å². The lowest BCUT2D eigenvalue weighted by Crippen LogP contribution is -2.44. The summed E-state index contributed by atoms with van der Waals surface area (Å²) in [6.45, 7) is 10.7. The summed E-state index contributed by atoms with van der Waals surface area (Å²) in [5, 5.41) is 8.19. The zero-order valence-corrected chi connectivity index (χ0v) is 13.3. The number of aromatic nitrogens is 3. The Morgan fingerprint density at radius 3 is 2.67 bits per heavy atom. The van der Waals surface area contributed by atoms with Crippen molar-refractivity contribution in [2.75, 3.05) is 31.1 Å². The van der Waals surface area contributed by atoms with Crippen molar-refractivity contribution in [1.82, 2.24) is 19.9 Å². The maximum atomic E-state index is 4.78. The highest BCUT2D eigenvalue weighted by Crippen LogP contribution is 2.22. The molecule has 2 aromatic rings. The summed E-state index contributed by atoms with van der Waals surface area (Å²) in [5.41, 5.74) is 3.28. The van der Waals surface area contributed by atoms with Crippen LogP contribution in [0.4, 0.5) is 5.82 Å². The molecule has 0 aromatic carbocycles. The molecule has 1 aliphatic heterocycles. The number of nitrogens with zero attached hydrogens (tertiary/aromatic N) is 4. The van der Waals surface area contributed by atoms with Gasteiger partial charge in [-0.1, -0.05) is 27.2 Å². The lowest BCUT2D eigenvalue weighted by atomic mass is 10.1. The van der Waals surface area contributed by atoms with E-state index in [4.69, 9.17) is 10.1 Å². The van der Waals surface area contributed by atoms with Gasteiger partial charge in [-0.25, -0.2) is 4.98 Å². The topological polar surface area (TPSA) is 45.5 Å². The molecule has 0 amide bonds. The van der Waals surface area contributed by atoms with Gasteiger partial charge in [-0.2, -0.15) is 9.61 Å². The predicted molar refractivity (Wildman–Crippen MR) is 86.2 cm³/mol. The molecule has 0 saturated carbocycles. The van der Waals surface area contributed by atoms with Gasteiger partial charge in [0.1, 0.15) is 5.82 Å². The number of hydrogen-bond donors (Lipinski definition) is 1. The Kier molecular flexibility index (Phi) is 4.10. The van der Waals surface area contributed by atoms with E-state index >= 15 is 0 Å². The minimum atomic E-state index is 0.428. The van der Waals surface area contributed by atoms with Crippen LogP contribution < -0.4 is 10.2 Å². The first-order valence-corrected chi connectivity index (χ1v) is 8.04. The van der Waals surface area contributed by atoms with E-state index in [2.05, 4.69) is 43.1 Å². The van der Waals surface area contributed by atoms with Gasteiger partial charge in [0, 0.05) is 44.0 Å². The molecule has 3 rings (SSSR count). The van der Waals surface area contributed by atoms with Crippen molar-refractivity contribution in [3.8, 4) is 0 Å². The van der Waals surface area contributed by atoms with Gasteiger partial charge in [0.05, 0.1) is 5.69 Å². The smallest absolute Gasteiger partial charge is 0.157 e. The van der Waals surface area contributed by atoms with Gasteiger partial charge in [0.2, 0.25) is 0 Å². The largest absolute Gasteiger partial charge is 0.354 e. The first kappa shape index (κ1) is 14.3. The number of nitrogens with one attached hydrogen (secondary N) is 1. The predicted octanol–water partition coefficient (Wildman–Crippen LogP) is 2.21. The van der Waals surface area contributed by atoms with Crippen molar-refractivity contribution in [3.63, 3.8) is 0 Å². The Morgan fingerprint density at radius 1 is 1.24 bits per heavy atom. The van der Waals surface area contributed by atoms with Crippen molar-refractivity contribution >= 4 is 11.5 Å². The normalized spacial score (nSPS) is 16.1. The summed E-state index contributed by atoms with van der Waals surface area (Å²) >= 11 is 0. The van der Waals surface area contributed by atoms with E-state index in [0.29, 0.717) is 5.92 Å². The second-order valence-electron chi connectivity index (χ2n) is 6.09. The van der Waals surface area contributed by atoms with Crippen LogP contribution in [0.3, 0.4) is 0 Å². The monoisotopic (exact) mass is 287 g/mol. The molecule has 0 aliphatic carbocycles. The molecular formula is C16H25N5. The number of hydrogen-bond acceptors (Lipinski definition) is 4. The summed E-state index contributed by atoms with van der Waals surface area (Å²) in [5.74, 6) is 1.62. The van der Waals surface area contributed by atoms with Crippen molar-refractivity contribution in [2.24, 2.45) is 0 Å². The zero-order chi connectivity index (χ0) is 14.8. The summed E-state index contributed by atoms with van der Waals surface area (Å²) in [6.07, 6.45) is 2.15. The van der Waals surface area contributed by atoms with Gasteiger partial charge in [0.25, 0.3) is 0 Å². The fraction of sp³-hybridized carbons (Fsp3) is 0.625. The van der Waals surface area contributed by atoms with Crippen molar-refractivity contribution in [2.45, 2.75) is 39.5 Å². The van der Waals surface area contributed by atoms with Gasteiger partial charge < -0.3 is 10.2 Å². The highest BCUT2D eigenvalue weighted by atomic mass is 15.4. The summed E-state index contributed by atoms with van der Waals surface area (Å²) < 4.78 is 2.03. The molecule has 21 heavy (non-hydrogen) atoms. The minimum Gasteiger partial charge on any atom is -0.354 e. The molecule has 0 spiro atoms. The third kappa shape index (κ3) is 2.88. The van der Waals surface area contributed by atoms with E-state index in [0.717, 1.165) is 50.4 Å². The Balaban J connectivity index is 2.09. The summed E-state index contributed by atoms with van der Waals surface area (Å²) in [4.78, 5) is 7.20. The molecule has 5 nitrogen and oxygen atoms in total. The van der Waals surface area contributed by atoms with Gasteiger partial charge in [-0.3, -0.25) is 0 Å². The number of anilines is 1. The van der Waals surface area contributed by atoms with Gasteiger partial charge in [-0.15, -0.1) is 0 Å². The molecule has 5 heteroatoms. The minimum absolute atomic E-state index is 0.428. The molecule has 0 radical (unpaired) electrons. The Hall–Kier alpha value is -1.62. The van der Waals surface area contributed by atoms with E-state index in [1.165, 1.54) is 11.5 Å². The highest BCUT2D eigenvalue weighted by molar-refractivity contribution is 5.52. The number of rotatable bonds is 4. The van der Waals surface area contributed by atoms with Gasteiger partial charge in [0.15, 0.2) is 5.65 Å². The van der Waals surface area contributed by atoms with Gasteiger partial charge in [-0.05, 0) is 12.3 Å². The molecule has 114 valence electrons. The fourth-order valence-corrected chi connectivity index (χ4v) is 2.81. The third-order valence-corrected chi connectivity index (χ3v) is 4.02. The van der Waals surface area contributed by atoms with Crippen molar-refractivity contribution in [3.05, 3.63) is 23.5 Å². The van der Waals surface area contributed by atoms with E-state index < -0.39 is 0 Å². The molecule has 1 saturated heterocycles. The average molecular weight is 287 g/mol. The van der Waals surface area contributed by atoms with Crippen molar-refractivity contribution in [1.29, 1.82) is 0 Å². The molecule has 2 aromatic heterocycles. The molecule has 1 N–H and O–H groups in total. The molecule has 1 fully saturated rings. The number of piperazine rings is 1. The second kappa shape index (κ2) is 6.02. The van der Waals surface area contributed by atoms with Crippen LogP contribution in [0, 0.1) is 0 Å². The molecule has 3 heterocycles. The fourth-order valence-electron chi connectivity index (χ4n) is 2.81. The highest BCUT2D eigenvalue weighted by Gasteiger charge is 2.17. The SMILES string of the molecule is CCCc1cc(N2CCNCC2)n2nc(C(C)C)cc2n1. The molecule has 0 atom stereocenters. The summed E-state index contributed by atoms with van der Waals surface area (Å²) in [7, 11) is 0. The maximum Gasteiger partial charge on any atom is 0.157 e. The van der Waals surface area contributed by atoms with Crippen molar-refractivity contribution < 1.29 is 0 Å². The van der Waals surface area contributed by atoms with Crippen LogP contribution in [0.15, 0.2) is 12.1 Å². The maximum absolute atomic E-state index is 4.78. The van der Waals surface area contributed by atoms with E-state index in [9.17, 15) is 0 Å². The third-order valence-electron chi connectivity index (χ3n) is 4.02. The molecule has 0 unspecified atom stereocenters. The second-order valence-corrected chi connectivity index (χ2v) is 6.09. The van der Waals surface area contributed by atoms with Crippen LogP contribution in [0.25, 0.3) is 5.65 Å².